The first kappa shape index (κ1) is 13.0. The van der Waals surface area contributed by atoms with E-state index in [9.17, 15) is 4.39 Å². The molecule has 0 aliphatic rings. The lowest BCUT2D eigenvalue weighted by molar-refractivity contribution is 0.612. The highest BCUT2D eigenvalue weighted by molar-refractivity contribution is 9.10. The van der Waals surface area contributed by atoms with E-state index in [0.29, 0.717) is 12.1 Å². The molecule has 0 unspecified atom stereocenters. The highest BCUT2D eigenvalue weighted by Gasteiger charge is 2.03. The molecule has 0 spiro atoms. The second kappa shape index (κ2) is 5.48. The van der Waals surface area contributed by atoms with Crippen molar-refractivity contribution >= 4 is 21.6 Å². The first-order chi connectivity index (χ1) is 8.54. The SMILES string of the molecule is Cc1cc(NCc2cc(Br)ccc2F)cc(C)n1. The molecule has 4 heteroatoms. The minimum atomic E-state index is -0.201. The number of aryl methyl sites for hydroxylation is 2. The van der Waals surface area contributed by atoms with Gasteiger partial charge in [-0.05, 0) is 44.2 Å². The molecule has 0 radical (unpaired) electrons. The normalized spacial score (nSPS) is 10.4. The summed E-state index contributed by atoms with van der Waals surface area (Å²) in [6.07, 6.45) is 0. The number of rotatable bonds is 3. The van der Waals surface area contributed by atoms with Gasteiger partial charge in [-0.25, -0.2) is 4.39 Å². The molecule has 2 aromatic rings. The molecule has 1 N–H and O–H groups in total. The zero-order valence-electron chi connectivity index (χ0n) is 10.3. The summed E-state index contributed by atoms with van der Waals surface area (Å²) in [4.78, 5) is 4.30. The fraction of sp³-hybridized carbons (Fsp3) is 0.214. The third-order valence-corrected chi connectivity index (χ3v) is 3.07. The summed E-state index contributed by atoms with van der Waals surface area (Å²) in [5, 5.41) is 3.21. The Balaban J connectivity index is 2.13. The van der Waals surface area contributed by atoms with Crippen LogP contribution in [-0.2, 0) is 6.54 Å². The van der Waals surface area contributed by atoms with E-state index in [1.165, 1.54) is 6.07 Å². The molecule has 2 rings (SSSR count). The summed E-state index contributed by atoms with van der Waals surface area (Å²) in [6, 6.07) is 8.83. The minimum absolute atomic E-state index is 0.201. The van der Waals surface area contributed by atoms with E-state index < -0.39 is 0 Å². The van der Waals surface area contributed by atoms with Gasteiger partial charge in [0.1, 0.15) is 5.82 Å². The smallest absolute Gasteiger partial charge is 0.128 e. The molecule has 1 aromatic heterocycles. The Morgan fingerprint density at radius 1 is 1.17 bits per heavy atom. The quantitative estimate of drug-likeness (QED) is 0.918. The van der Waals surface area contributed by atoms with E-state index in [2.05, 4.69) is 26.2 Å². The number of halogens is 2. The molecule has 0 amide bonds. The Bertz CT molecular complexity index is 549. The van der Waals surface area contributed by atoms with Crippen molar-refractivity contribution < 1.29 is 4.39 Å². The first-order valence-corrected chi connectivity index (χ1v) is 6.47. The molecular weight excluding hydrogens is 295 g/mol. The van der Waals surface area contributed by atoms with Crippen molar-refractivity contribution in [1.29, 1.82) is 0 Å². The van der Waals surface area contributed by atoms with Crippen LogP contribution in [0.2, 0.25) is 0 Å². The topological polar surface area (TPSA) is 24.9 Å². The largest absolute Gasteiger partial charge is 0.381 e. The fourth-order valence-electron chi connectivity index (χ4n) is 1.81. The number of hydrogen-bond donors (Lipinski definition) is 1. The Hall–Kier alpha value is -1.42. The molecule has 0 saturated heterocycles. The molecule has 0 fully saturated rings. The van der Waals surface area contributed by atoms with Crippen LogP contribution in [0.5, 0.6) is 0 Å². The molecule has 0 aliphatic carbocycles. The summed E-state index contributed by atoms with van der Waals surface area (Å²) in [6.45, 7) is 4.34. The highest BCUT2D eigenvalue weighted by Crippen LogP contribution is 2.18. The predicted octanol–water partition coefficient (Wildman–Crippen LogP) is 4.21. The van der Waals surface area contributed by atoms with Crippen molar-refractivity contribution in [2.45, 2.75) is 20.4 Å². The molecule has 0 saturated carbocycles. The Morgan fingerprint density at radius 2 is 1.83 bits per heavy atom. The molecule has 1 aromatic carbocycles. The highest BCUT2D eigenvalue weighted by atomic mass is 79.9. The zero-order valence-corrected chi connectivity index (χ0v) is 11.9. The van der Waals surface area contributed by atoms with Crippen molar-refractivity contribution in [3.63, 3.8) is 0 Å². The van der Waals surface area contributed by atoms with Gasteiger partial charge in [0.25, 0.3) is 0 Å². The van der Waals surface area contributed by atoms with E-state index in [1.54, 1.807) is 12.1 Å². The van der Waals surface area contributed by atoms with E-state index in [1.807, 2.05) is 26.0 Å². The molecule has 0 bridgehead atoms. The van der Waals surface area contributed by atoms with Crippen molar-refractivity contribution in [2.75, 3.05) is 5.32 Å². The second-order valence-corrected chi connectivity index (χ2v) is 5.14. The number of benzene rings is 1. The predicted molar refractivity (Wildman–Crippen MR) is 75.1 cm³/mol. The van der Waals surface area contributed by atoms with E-state index in [0.717, 1.165) is 21.5 Å². The van der Waals surface area contributed by atoms with Gasteiger partial charge in [-0.1, -0.05) is 15.9 Å². The molecule has 0 atom stereocenters. The lowest BCUT2D eigenvalue weighted by Gasteiger charge is -2.09. The Morgan fingerprint density at radius 3 is 2.50 bits per heavy atom. The lowest BCUT2D eigenvalue weighted by Crippen LogP contribution is -2.03. The van der Waals surface area contributed by atoms with Crippen LogP contribution in [0.3, 0.4) is 0 Å². The molecule has 2 nitrogen and oxygen atoms in total. The van der Waals surface area contributed by atoms with Crippen LogP contribution in [0.25, 0.3) is 0 Å². The van der Waals surface area contributed by atoms with Crippen LogP contribution in [0.1, 0.15) is 17.0 Å². The Kier molecular flexibility index (Phi) is 3.97. The first-order valence-electron chi connectivity index (χ1n) is 5.68. The summed E-state index contributed by atoms with van der Waals surface area (Å²) >= 11 is 3.34. The van der Waals surface area contributed by atoms with Crippen LogP contribution in [0, 0.1) is 19.7 Å². The molecule has 18 heavy (non-hydrogen) atoms. The van der Waals surface area contributed by atoms with Crippen LogP contribution < -0.4 is 5.32 Å². The number of hydrogen-bond acceptors (Lipinski definition) is 2. The Labute approximate surface area is 114 Å². The van der Waals surface area contributed by atoms with Gasteiger partial charge in [-0.15, -0.1) is 0 Å². The van der Waals surface area contributed by atoms with Crippen LogP contribution in [0.4, 0.5) is 10.1 Å². The van der Waals surface area contributed by atoms with Crippen molar-refractivity contribution in [2.24, 2.45) is 0 Å². The lowest BCUT2D eigenvalue weighted by atomic mass is 10.2. The zero-order chi connectivity index (χ0) is 13.1. The number of nitrogens with zero attached hydrogens (tertiary/aromatic N) is 1. The van der Waals surface area contributed by atoms with Gasteiger partial charge in [-0.2, -0.15) is 0 Å². The molecule has 1 heterocycles. The molecule has 94 valence electrons. The third kappa shape index (κ3) is 3.29. The fourth-order valence-corrected chi connectivity index (χ4v) is 2.22. The summed E-state index contributed by atoms with van der Waals surface area (Å²) in [7, 11) is 0. The maximum absolute atomic E-state index is 13.6. The van der Waals surface area contributed by atoms with Gasteiger partial charge >= 0.3 is 0 Å². The molecule has 0 aliphatic heterocycles. The van der Waals surface area contributed by atoms with Crippen molar-refractivity contribution in [1.82, 2.24) is 4.98 Å². The van der Waals surface area contributed by atoms with E-state index in [4.69, 9.17) is 0 Å². The van der Waals surface area contributed by atoms with Crippen LogP contribution in [0.15, 0.2) is 34.8 Å². The standard InChI is InChI=1S/C14H14BrFN2/c1-9-5-13(6-10(2)18-9)17-8-11-7-12(15)3-4-14(11)16/h3-7H,8H2,1-2H3,(H,17,18). The maximum atomic E-state index is 13.6. The third-order valence-electron chi connectivity index (χ3n) is 2.57. The average Bonchev–Trinajstić information content (AvgIpc) is 2.29. The van der Waals surface area contributed by atoms with Crippen LogP contribution in [-0.4, -0.2) is 4.98 Å². The van der Waals surface area contributed by atoms with E-state index in [-0.39, 0.29) is 5.82 Å². The van der Waals surface area contributed by atoms with Crippen molar-refractivity contribution in [3.05, 3.63) is 57.6 Å². The van der Waals surface area contributed by atoms with Gasteiger partial charge < -0.3 is 5.32 Å². The summed E-state index contributed by atoms with van der Waals surface area (Å²) in [5.74, 6) is -0.201. The van der Waals surface area contributed by atoms with Crippen LogP contribution >= 0.6 is 15.9 Å². The maximum Gasteiger partial charge on any atom is 0.128 e. The number of nitrogens with one attached hydrogen (secondary N) is 1. The summed E-state index contributed by atoms with van der Waals surface area (Å²) < 4.78 is 14.4. The van der Waals surface area contributed by atoms with Crippen molar-refractivity contribution in [3.8, 4) is 0 Å². The monoisotopic (exact) mass is 308 g/mol. The number of aromatic nitrogens is 1. The van der Waals surface area contributed by atoms with Gasteiger partial charge in [0, 0.05) is 33.7 Å². The minimum Gasteiger partial charge on any atom is -0.381 e. The molecular formula is C14H14BrFN2. The number of pyridine rings is 1. The van der Waals surface area contributed by atoms with Gasteiger partial charge in [0.2, 0.25) is 0 Å². The van der Waals surface area contributed by atoms with Gasteiger partial charge in [0.15, 0.2) is 0 Å². The van der Waals surface area contributed by atoms with E-state index >= 15 is 0 Å². The van der Waals surface area contributed by atoms with Gasteiger partial charge in [-0.3, -0.25) is 4.98 Å². The second-order valence-electron chi connectivity index (χ2n) is 4.23. The van der Waals surface area contributed by atoms with Gasteiger partial charge in [0.05, 0.1) is 0 Å². The number of anilines is 1. The average molecular weight is 309 g/mol. The summed E-state index contributed by atoms with van der Waals surface area (Å²) in [5.41, 5.74) is 3.50.